The second kappa shape index (κ2) is 11.1. The molecule has 4 nitrogen and oxygen atoms in total. The zero-order valence-electron chi connectivity index (χ0n) is 16.7. The molecule has 0 aromatic heterocycles. The van der Waals surface area contributed by atoms with E-state index in [0.29, 0.717) is 24.6 Å². The molecule has 0 aliphatic carbocycles. The van der Waals surface area contributed by atoms with Crippen LogP contribution < -0.4 is 15.5 Å². The van der Waals surface area contributed by atoms with Gasteiger partial charge in [-0.25, -0.2) is 13.8 Å². The Balaban J connectivity index is 0.00000300. The molecule has 2 N–H and O–H groups in total. The number of benzene rings is 2. The van der Waals surface area contributed by atoms with Gasteiger partial charge in [-0.3, -0.25) is 0 Å². The van der Waals surface area contributed by atoms with Crippen molar-refractivity contribution in [1.29, 1.82) is 0 Å². The van der Waals surface area contributed by atoms with E-state index in [1.807, 2.05) is 13.8 Å². The van der Waals surface area contributed by atoms with Gasteiger partial charge < -0.3 is 15.5 Å². The largest absolute Gasteiger partial charge is 0.364 e. The number of halogens is 3. The molecule has 0 amide bonds. The molecule has 2 aromatic carbocycles. The second-order valence-corrected chi connectivity index (χ2v) is 6.77. The van der Waals surface area contributed by atoms with Crippen LogP contribution in [0.4, 0.5) is 14.5 Å². The zero-order valence-corrected chi connectivity index (χ0v) is 19.0. The number of guanidine groups is 1. The Morgan fingerprint density at radius 1 is 1.10 bits per heavy atom. The number of rotatable bonds is 6. The Morgan fingerprint density at radius 3 is 2.41 bits per heavy atom. The quantitative estimate of drug-likeness (QED) is 0.254. The number of hydrogen-bond acceptors (Lipinski definition) is 2. The standard InChI is InChI=1S/C22H26F2N4.HI/c1-3-25-22(27-16(2)20-11-8-18(23)14-21(20)24)26-15-17-6-9-19(10-7-17)28-12-4-5-13-28;/h4-11,14,16H,3,12-13,15H2,1-2H3,(H2,25,26,27);1H. The predicted octanol–water partition coefficient (Wildman–Crippen LogP) is 4.78. The fraction of sp³-hybridized carbons (Fsp3) is 0.318. The van der Waals surface area contributed by atoms with Gasteiger partial charge in [0.25, 0.3) is 0 Å². The highest BCUT2D eigenvalue weighted by Gasteiger charge is 2.13. The predicted molar refractivity (Wildman–Crippen MR) is 126 cm³/mol. The molecule has 0 fully saturated rings. The summed E-state index contributed by atoms with van der Waals surface area (Å²) in [7, 11) is 0. The fourth-order valence-corrected chi connectivity index (χ4v) is 3.13. The molecule has 0 bridgehead atoms. The maximum Gasteiger partial charge on any atom is 0.192 e. The van der Waals surface area contributed by atoms with Gasteiger partial charge in [0.1, 0.15) is 11.6 Å². The Kier molecular flexibility index (Phi) is 8.88. The number of aliphatic imine (C=N–C) groups is 1. The molecule has 0 saturated carbocycles. The van der Waals surface area contributed by atoms with E-state index in [1.165, 1.54) is 17.8 Å². The van der Waals surface area contributed by atoms with Crippen molar-refractivity contribution in [2.75, 3.05) is 24.5 Å². The first kappa shape index (κ1) is 23.1. The van der Waals surface area contributed by atoms with E-state index < -0.39 is 11.6 Å². The van der Waals surface area contributed by atoms with Crippen LogP contribution in [0.1, 0.15) is 31.0 Å². The van der Waals surface area contributed by atoms with Gasteiger partial charge in [-0.2, -0.15) is 0 Å². The van der Waals surface area contributed by atoms with Crippen molar-refractivity contribution >= 4 is 35.6 Å². The molecule has 29 heavy (non-hydrogen) atoms. The third-order valence-electron chi connectivity index (χ3n) is 4.67. The van der Waals surface area contributed by atoms with Crippen LogP contribution in [-0.2, 0) is 6.54 Å². The molecular formula is C22H27F2IN4. The highest BCUT2D eigenvalue weighted by Crippen LogP contribution is 2.19. The first-order chi connectivity index (χ1) is 13.6. The summed E-state index contributed by atoms with van der Waals surface area (Å²) in [4.78, 5) is 6.88. The minimum absolute atomic E-state index is 0. The minimum Gasteiger partial charge on any atom is -0.364 e. The average Bonchev–Trinajstić information content (AvgIpc) is 3.21. The van der Waals surface area contributed by atoms with E-state index >= 15 is 0 Å². The Bertz CT molecular complexity index is 844. The summed E-state index contributed by atoms with van der Waals surface area (Å²) in [5.41, 5.74) is 2.69. The van der Waals surface area contributed by atoms with E-state index in [-0.39, 0.29) is 30.0 Å². The summed E-state index contributed by atoms with van der Waals surface area (Å²) in [6.45, 7) is 6.88. The summed E-state index contributed by atoms with van der Waals surface area (Å²) in [5.74, 6) is -0.559. The van der Waals surface area contributed by atoms with Crippen molar-refractivity contribution in [2.24, 2.45) is 4.99 Å². The van der Waals surface area contributed by atoms with Crippen LogP contribution in [0.15, 0.2) is 59.6 Å². The van der Waals surface area contributed by atoms with Crippen molar-refractivity contribution in [1.82, 2.24) is 10.6 Å². The number of nitrogens with zero attached hydrogens (tertiary/aromatic N) is 2. The van der Waals surface area contributed by atoms with Crippen LogP contribution in [-0.4, -0.2) is 25.6 Å². The first-order valence-corrected chi connectivity index (χ1v) is 9.55. The number of nitrogens with one attached hydrogen (secondary N) is 2. The minimum atomic E-state index is -0.581. The van der Waals surface area contributed by atoms with E-state index in [2.05, 4.69) is 56.9 Å². The third-order valence-corrected chi connectivity index (χ3v) is 4.67. The summed E-state index contributed by atoms with van der Waals surface area (Å²) in [6, 6.07) is 11.6. The smallest absolute Gasteiger partial charge is 0.192 e. The lowest BCUT2D eigenvalue weighted by molar-refractivity contribution is 0.551. The van der Waals surface area contributed by atoms with Gasteiger partial charge >= 0.3 is 0 Å². The van der Waals surface area contributed by atoms with Gasteiger partial charge in [-0.15, -0.1) is 24.0 Å². The van der Waals surface area contributed by atoms with Crippen LogP contribution >= 0.6 is 24.0 Å². The SMILES string of the molecule is CCNC(=NCc1ccc(N2CC=CC2)cc1)NC(C)c1ccc(F)cc1F.I. The maximum atomic E-state index is 14.0. The van der Waals surface area contributed by atoms with Crippen LogP contribution in [0, 0.1) is 11.6 Å². The lowest BCUT2D eigenvalue weighted by Gasteiger charge is -2.19. The van der Waals surface area contributed by atoms with Crippen LogP contribution in [0.2, 0.25) is 0 Å². The molecule has 3 rings (SSSR count). The van der Waals surface area contributed by atoms with Crippen molar-refractivity contribution in [2.45, 2.75) is 26.4 Å². The molecular weight excluding hydrogens is 485 g/mol. The lowest BCUT2D eigenvalue weighted by atomic mass is 10.1. The highest BCUT2D eigenvalue weighted by atomic mass is 127. The van der Waals surface area contributed by atoms with Gasteiger partial charge in [0.2, 0.25) is 0 Å². The molecule has 0 radical (unpaired) electrons. The fourth-order valence-electron chi connectivity index (χ4n) is 3.13. The molecule has 156 valence electrons. The molecule has 1 heterocycles. The summed E-state index contributed by atoms with van der Waals surface area (Å²) >= 11 is 0. The van der Waals surface area contributed by atoms with E-state index in [9.17, 15) is 8.78 Å². The molecule has 2 aromatic rings. The van der Waals surface area contributed by atoms with Gasteiger partial charge in [-0.05, 0) is 37.6 Å². The van der Waals surface area contributed by atoms with Gasteiger partial charge in [-0.1, -0.05) is 30.4 Å². The molecule has 0 saturated heterocycles. The maximum absolute atomic E-state index is 14.0. The Labute approximate surface area is 188 Å². The monoisotopic (exact) mass is 512 g/mol. The normalized spacial score (nSPS) is 14.5. The van der Waals surface area contributed by atoms with Gasteiger partial charge in [0.15, 0.2) is 5.96 Å². The molecule has 1 atom stereocenters. The third kappa shape index (κ3) is 6.42. The van der Waals surface area contributed by atoms with Crippen molar-refractivity contribution < 1.29 is 8.78 Å². The average molecular weight is 512 g/mol. The second-order valence-electron chi connectivity index (χ2n) is 6.77. The first-order valence-electron chi connectivity index (χ1n) is 9.55. The summed E-state index contributed by atoms with van der Waals surface area (Å²) in [6.07, 6.45) is 4.33. The lowest BCUT2D eigenvalue weighted by Crippen LogP contribution is -2.39. The molecule has 0 spiro atoms. The molecule has 7 heteroatoms. The van der Waals surface area contributed by atoms with Crippen molar-refractivity contribution in [3.63, 3.8) is 0 Å². The van der Waals surface area contributed by atoms with Crippen molar-refractivity contribution in [3.8, 4) is 0 Å². The Hall–Kier alpha value is -2.16. The molecule has 1 unspecified atom stereocenters. The summed E-state index contributed by atoms with van der Waals surface area (Å²) in [5, 5.41) is 6.35. The van der Waals surface area contributed by atoms with Gasteiger partial charge in [0, 0.05) is 37.0 Å². The van der Waals surface area contributed by atoms with E-state index in [0.717, 1.165) is 24.7 Å². The van der Waals surface area contributed by atoms with Crippen LogP contribution in [0.3, 0.4) is 0 Å². The van der Waals surface area contributed by atoms with E-state index in [4.69, 9.17) is 0 Å². The van der Waals surface area contributed by atoms with Crippen molar-refractivity contribution in [3.05, 3.63) is 77.4 Å². The molecule has 1 aliphatic rings. The summed E-state index contributed by atoms with van der Waals surface area (Å²) < 4.78 is 27.1. The highest BCUT2D eigenvalue weighted by molar-refractivity contribution is 14.0. The van der Waals surface area contributed by atoms with E-state index in [1.54, 1.807) is 0 Å². The van der Waals surface area contributed by atoms with Gasteiger partial charge in [0.05, 0.1) is 12.6 Å². The zero-order chi connectivity index (χ0) is 19.9. The van der Waals surface area contributed by atoms with Crippen LogP contribution in [0.5, 0.6) is 0 Å². The Morgan fingerprint density at radius 2 is 1.79 bits per heavy atom. The topological polar surface area (TPSA) is 39.7 Å². The number of anilines is 1. The van der Waals surface area contributed by atoms with Crippen LogP contribution in [0.25, 0.3) is 0 Å². The number of hydrogen-bond donors (Lipinski definition) is 2. The molecule has 1 aliphatic heterocycles.